The van der Waals surface area contributed by atoms with Gasteiger partial charge in [0.25, 0.3) is 0 Å². The van der Waals surface area contributed by atoms with E-state index in [1.54, 1.807) is 18.2 Å². The maximum Gasteiger partial charge on any atom is 0.452 e. The Morgan fingerprint density at radius 3 is 2.93 bits per heavy atom. The normalized spacial score (nSPS) is 10.5. The molecule has 1 amide bonds. The van der Waals surface area contributed by atoms with E-state index in [-0.39, 0.29) is 0 Å². The summed E-state index contributed by atoms with van der Waals surface area (Å²) in [5.41, 5.74) is 1.38. The molecule has 1 heterocycles. The molecule has 2 rings (SSSR count). The number of nitrogens with zero attached hydrogens (tertiary/aromatic N) is 3. The molecule has 6 heteroatoms. The number of rotatable bonds is 2. The molecule has 0 saturated heterocycles. The Balaban J connectivity index is 2.55. The molecule has 1 aromatic carbocycles. The van der Waals surface area contributed by atoms with Crippen LogP contribution < -0.4 is 5.17 Å². The number of carboxylic acid groups (broad SMARTS) is 1. The average molecular weight is 207 g/mol. The van der Waals surface area contributed by atoms with Crippen LogP contribution in [0.25, 0.3) is 11.0 Å². The van der Waals surface area contributed by atoms with Crippen LogP contribution in [-0.4, -0.2) is 28.0 Å². The van der Waals surface area contributed by atoms with Crippen molar-refractivity contribution in [2.45, 2.75) is 0 Å². The predicted molar refractivity (Wildman–Crippen MR) is 53.0 cm³/mol. The summed E-state index contributed by atoms with van der Waals surface area (Å²) in [5.74, 6) is 0. The van der Waals surface area contributed by atoms with E-state index in [4.69, 9.17) is 9.94 Å². The zero-order valence-corrected chi connectivity index (χ0v) is 7.99. The van der Waals surface area contributed by atoms with Crippen LogP contribution in [0.2, 0.25) is 0 Å². The molecule has 0 aliphatic rings. The van der Waals surface area contributed by atoms with E-state index in [0.717, 1.165) is 0 Å². The highest BCUT2D eigenvalue weighted by Crippen LogP contribution is 2.12. The lowest BCUT2D eigenvalue weighted by atomic mass is 10.3. The second-order valence-corrected chi connectivity index (χ2v) is 2.82. The van der Waals surface area contributed by atoms with Gasteiger partial charge in [0, 0.05) is 0 Å². The molecular formula is C9H9N3O3. The number of carbonyl (C=O) groups is 1. The number of benzene rings is 1. The Bertz CT molecular complexity index is 494. The van der Waals surface area contributed by atoms with Crippen molar-refractivity contribution in [1.29, 1.82) is 0 Å². The van der Waals surface area contributed by atoms with Crippen LogP contribution in [0.4, 0.5) is 4.79 Å². The Kier molecular flexibility index (Phi) is 2.26. The molecular weight excluding hydrogens is 198 g/mol. The molecule has 0 bridgehead atoms. The molecule has 0 atom stereocenters. The van der Waals surface area contributed by atoms with Gasteiger partial charge in [-0.05, 0) is 12.1 Å². The summed E-state index contributed by atoms with van der Waals surface area (Å²) in [5, 5.41) is 9.56. The minimum absolute atomic E-state index is 0.668. The van der Waals surface area contributed by atoms with E-state index in [0.29, 0.717) is 16.2 Å². The first kappa shape index (κ1) is 9.47. The van der Waals surface area contributed by atoms with Gasteiger partial charge >= 0.3 is 6.09 Å². The first-order chi connectivity index (χ1) is 7.24. The van der Waals surface area contributed by atoms with E-state index in [1.165, 1.54) is 18.1 Å². The molecule has 6 nitrogen and oxygen atoms in total. The van der Waals surface area contributed by atoms with Crippen LogP contribution in [0.15, 0.2) is 30.6 Å². The highest BCUT2D eigenvalue weighted by Gasteiger charge is 2.15. The summed E-state index contributed by atoms with van der Waals surface area (Å²) >= 11 is 0. The van der Waals surface area contributed by atoms with Crippen molar-refractivity contribution < 1.29 is 14.7 Å². The minimum atomic E-state index is -1.21. The largest absolute Gasteiger partial charge is 0.462 e. The van der Waals surface area contributed by atoms with Crippen molar-refractivity contribution >= 4 is 17.1 Å². The second kappa shape index (κ2) is 3.58. The maximum absolute atomic E-state index is 10.8. The molecule has 0 saturated carbocycles. The third-order valence-electron chi connectivity index (χ3n) is 1.97. The molecule has 0 fully saturated rings. The Labute approximate surface area is 85.2 Å². The number of para-hydroxylation sites is 2. The molecule has 0 unspecified atom stereocenters. The maximum atomic E-state index is 10.8. The van der Waals surface area contributed by atoms with Crippen molar-refractivity contribution in [3.8, 4) is 0 Å². The van der Waals surface area contributed by atoms with Crippen LogP contribution in [-0.2, 0) is 4.84 Å². The van der Waals surface area contributed by atoms with E-state index in [1.807, 2.05) is 6.07 Å². The summed E-state index contributed by atoms with van der Waals surface area (Å²) in [6.07, 6.45) is 0.183. The number of hydrogen-bond donors (Lipinski definition) is 1. The fraction of sp³-hybridized carbons (Fsp3) is 0.111. The Hall–Kier alpha value is -2.08. The van der Waals surface area contributed by atoms with Gasteiger partial charge in [-0.25, -0.2) is 14.5 Å². The Morgan fingerprint density at radius 2 is 2.27 bits per heavy atom. The standard InChI is InChI=1S/C9H9N3O3/c1-15-12(9(13)14)11-6-10-7-4-2-3-5-8(7)11/h2-6H,1H3,(H,13,14). The van der Waals surface area contributed by atoms with Crippen molar-refractivity contribution in [2.75, 3.05) is 12.3 Å². The van der Waals surface area contributed by atoms with Crippen LogP contribution >= 0.6 is 0 Å². The van der Waals surface area contributed by atoms with Crippen LogP contribution in [0, 0.1) is 0 Å². The smallest absolute Gasteiger partial charge is 0.452 e. The van der Waals surface area contributed by atoms with Gasteiger partial charge in [0.05, 0.1) is 18.1 Å². The zero-order valence-electron chi connectivity index (χ0n) is 7.99. The van der Waals surface area contributed by atoms with Gasteiger partial charge < -0.3 is 5.11 Å². The third kappa shape index (κ3) is 1.50. The minimum Gasteiger partial charge on any atom is -0.462 e. The van der Waals surface area contributed by atoms with E-state index >= 15 is 0 Å². The van der Waals surface area contributed by atoms with Crippen LogP contribution in [0.5, 0.6) is 0 Å². The van der Waals surface area contributed by atoms with Gasteiger partial charge in [-0.2, -0.15) is 0 Å². The fourth-order valence-electron chi connectivity index (χ4n) is 1.35. The van der Waals surface area contributed by atoms with Gasteiger partial charge in [0.1, 0.15) is 6.33 Å². The lowest BCUT2D eigenvalue weighted by Crippen LogP contribution is -2.37. The Morgan fingerprint density at radius 1 is 1.53 bits per heavy atom. The first-order valence-corrected chi connectivity index (χ1v) is 4.23. The summed E-state index contributed by atoms with van der Waals surface area (Å²) in [6, 6.07) is 7.19. The van der Waals surface area contributed by atoms with Gasteiger partial charge in [0.15, 0.2) is 0 Å². The van der Waals surface area contributed by atoms with Gasteiger partial charge in [-0.3, -0.25) is 4.84 Å². The third-order valence-corrected chi connectivity index (χ3v) is 1.97. The predicted octanol–water partition coefficient (Wildman–Crippen LogP) is 1.21. The van der Waals surface area contributed by atoms with Crippen LogP contribution in [0.3, 0.4) is 0 Å². The van der Waals surface area contributed by atoms with Gasteiger partial charge in [-0.1, -0.05) is 17.3 Å². The van der Waals surface area contributed by atoms with Crippen molar-refractivity contribution in [3.05, 3.63) is 30.6 Å². The fourth-order valence-corrected chi connectivity index (χ4v) is 1.35. The highest BCUT2D eigenvalue weighted by atomic mass is 16.7. The molecule has 78 valence electrons. The summed E-state index contributed by atoms with van der Waals surface area (Å²) in [7, 11) is 1.28. The molecule has 0 aliphatic heterocycles. The quantitative estimate of drug-likeness (QED) is 0.751. The monoisotopic (exact) mass is 207 g/mol. The lowest BCUT2D eigenvalue weighted by Gasteiger charge is -2.16. The van der Waals surface area contributed by atoms with Crippen molar-refractivity contribution in [1.82, 2.24) is 9.66 Å². The summed E-state index contributed by atoms with van der Waals surface area (Å²) in [4.78, 5) is 19.6. The number of hydroxylamine groups is 1. The van der Waals surface area contributed by atoms with E-state index in [9.17, 15) is 4.79 Å². The molecule has 1 N–H and O–H groups in total. The van der Waals surface area contributed by atoms with Crippen molar-refractivity contribution in [3.63, 3.8) is 0 Å². The van der Waals surface area contributed by atoms with Crippen LogP contribution in [0.1, 0.15) is 0 Å². The number of aromatic nitrogens is 2. The summed E-state index contributed by atoms with van der Waals surface area (Å²) in [6.45, 7) is 0. The molecule has 15 heavy (non-hydrogen) atoms. The molecule has 0 radical (unpaired) electrons. The highest BCUT2D eigenvalue weighted by molar-refractivity contribution is 5.80. The van der Waals surface area contributed by atoms with E-state index in [2.05, 4.69) is 4.98 Å². The number of fused-ring (bicyclic) bond motifs is 1. The number of amides is 1. The molecule has 0 spiro atoms. The summed E-state index contributed by atoms with van der Waals surface area (Å²) < 4.78 is 1.32. The topological polar surface area (TPSA) is 67.6 Å². The first-order valence-electron chi connectivity index (χ1n) is 4.23. The van der Waals surface area contributed by atoms with Gasteiger partial charge in [-0.15, -0.1) is 0 Å². The van der Waals surface area contributed by atoms with Crippen molar-refractivity contribution in [2.24, 2.45) is 0 Å². The molecule has 1 aromatic heterocycles. The SMILES string of the molecule is CON(C(=O)O)n1cnc2ccccc21. The average Bonchev–Trinajstić information content (AvgIpc) is 2.63. The number of hydrogen-bond acceptors (Lipinski definition) is 3. The second-order valence-electron chi connectivity index (χ2n) is 2.82. The lowest BCUT2D eigenvalue weighted by molar-refractivity contribution is 0.0909. The zero-order chi connectivity index (χ0) is 10.8. The number of imidazole rings is 1. The van der Waals surface area contributed by atoms with Gasteiger partial charge in [0.2, 0.25) is 0 Å². The molecule has 0 aliphatic carbocycles. The van der Waals surface area contributed by atoms with E-state index < -0.39 is 6.09 Å². The molecule has 2 aromatic rings.